The summed E-state index contributed by atoms with van der Waals surface area (Å²) < 4.78 is 0. The molecule has 1 aliphatic rings. The highest BCUT2D eigenvalue weighted by Gasteiger charge is 2.31. The van der Waals surface area contributed by atoms with E-state index in [4.69, 9.17) is 5.26 Å². The highest BCUT2D eigenvalue weighted by molar-refractivity contribution is 6.10. The van der Waals surface area contributed by atoms with Crippen LogP contribution in [0.4, 0.5) is 5.69 Å². The molecule has 3 aromatic rings. The zero-order valence-corrected chi connectivity index (χ0v) is 14.5. The lowest BCUT2D eigenvalue weighted by Crippen LogP contribution is -2.17. The summed E-state index contributed by atoms with van der Waals surface area (Å²) >= 11 is 0. The van der Waals surface area contributed by atoms with E-state index in [1.807, 2.05) is 36.4 Å². The van der Waals surface area contributed by atoms with Gasteiger partial charge in [0.25, 0.3) is 5.91 Å². The number of aliphatic hydroxyl groups is 1. The van der Waals surface area contributed by atoms with Gasteiger partial charge in [-0.2, -0.15) is 5.26 Å². The first-order valence-electron chi connectivity index (χ1n) is 8.50. The molecule has 0 saturated carbocycles. The van der Waals surface area contributed by atoms with E-state index >= 15 is 0 Å². The number of nitrogens with one attached hydrogen (secondary N) is 1. The summed E-state index contributed by atoms with van der Waals surface area (Å²) in [5.74, 6) is -1.78. The molecule has 0 aromatic heterocycles. The number of nitrogens with zero attached hydrogens (tertiary/aromatic N) is 1. The van der Waals surface area contributed by atoms with Crippen molar-refractivity contribution in [3.05, 3.63) is 88.5 Å². The molecular weight excluding hydrogens is 356 g/mol. The van der Waals surface area contributed by atoms with Gasteiger partial charge in [0.15, 0.2) is 0 Å². The molecule has 1 amide bonds. The average molecular weight is 370 g/mol. The van der Waals surface area contributed by atoms with E-state index in [9.17, 15) is 19.8 Å². The van der Waals surface area contributed by atoms with Gasteiger partial charge in [-0.25, -0.2) is 4.79 Å². The molecule has 0 aliphatic heterocycles. The summed E-state index contributed by atoms with van der Waals surface area (Å²) in [4.78, 5) is 24.4. The summed E-state index contributed by atoms with van der Waals surface area (Å²) in [6.07, 6.45) is -0.937. The van der Waals surface area contributed by atoms with Crippen molar-refractivity contribution in [1.82, 2.24) is 0 Å². The number of benzene rings is 3. The molecule has 0 fully saturated rings. The van der Waals surface area contributed by atoms with Gasteiger partial charge in [0, 0.05) is 11.1 Å². The van der Waals surface area contributed by atoms with E-state index in [0.29, 0.717) is 5.56 Å². The van der Waals surface area contributed by atoms with Crippen molar-refractivity contribution in [3.8, 4) is 17.2 Å². The van der Waals surface area contributed by atoms with Crippen LogP contribution in [0.15, 0.2) is 60.7 Å². The van der Waals surface area contributed by atoms with Gasteiger partial charge in [0.2, 0.25) is 0 Å². The Balaban J connectivity index is 1.75. The fourth-order valence-corrected chi connectivity index (χ4v) is 3.52. The van der Waals surface area contributed by atoms with Crippen molar-refractivity contribution in [2.45, 2.75) is 6.10 Å². The number of carbonyl (C=O) groups is 2. The zero-order valence-electron chi connectivity index (χ0n) is 14.5. The van der Waals surface area contributed by atoms with Crippen molar-refractivity contribution in [2.75, 3.05) is 5.32 Å². The molecule has 3 aromatic carbocycles. The summed E-state index contributed by atoms with van der Waals surface area (Å²) in [5.41, 5.74) is 3.21. The van der Waals surface area contributed by atoms with Gasteiger partial charge in [-0.1, -0.05) is 36.4 Å². The minimum Gasteiger partial charge on any atom is -0.478 e. The van der Waals surface area contributed by atoms with Crippen LogP contribution in [0.25, 0.3) is 11.1 Å². The fraction of sp³-hybridized carbons (Fsp3) is 0.0455. The molecule has 0 radical (unpaired) electrons. The van der Waals surface area contributed by atoms with Gasteiger partial charge in [-0.05, 0) is 41.0 Å². The quantitative estimate of drug-likeness (QED) is 0.653. The van der Waals surface area contributed by atoms with E-state index in [1.165, 1.54) is 18.2 Å². The second kappa shape index (κ2) is 6.65. The number of fused-ring (bicyclic) bond motifs is 3. The molecule has 4 rings (SSSR count). The standard InChI is InChI=1S/C22H14N2O4/c23-11-12-8-9-18(17(10-12)22(27)28)24-21(26)16-7-3-6-14-13-4-1-2-5-15(13)20(25)19(14)16/h1-10,20,25H,(H,24,26)(H,27,28). The maximum absolute atomic E-state index is 12.9. The minimum absolute atomic E-state index is 0.0825. The van der Waals surface area contributed by atoms with Crippen LogP contribution < -0.4 is 5.32 Å². The van der Waals surface area contributed by atoms with Crippen molar-refractivity contribution in [2.24, 2.45) is 0 Å². The number of rotatable bonds is 3. The number of hydrogen-bond donors (Lipinski definition) is 3. The maximum atomic E-state index is 12.9. The first-order valence-corrected chi connectivity index (χ1v) is 8.50. The molecule has 0 bridgehead atoms. The summed E-state index contributed by atoms with van der Waals surface area (Å²) in [5, 5.41) is 31.7. The first kappa shape index (κ1) is 17.5. The predicted octanol–water partition coefficient (Wildman–Crippen LogP) is 3.57. The van der Waals surface area contributed by atoms with Crippen molar-refractivity contribution in [3.63, 3.8) is 0 Å². The Morgan fingerprint density at radius 2 is 1.71 bits per heavy atom. The van der Waals surface area contributed by atoms with Crippen LogP contribution in [0.5, 0.6) is 0 Å². The molecule has 0 heterocycles. The zero-order chi connectivity index (χ0) is 19.8. The van der Waals surface area contributed by atoms with Crippen LogP contribution in [-0.4, -0.2) is 22.1 Å². The van der Waals surface area contributed by atoms with Crippen LogP contribution in [0.1, 0.15) is 43.5 Å². The van der Waals surface area contributed by atoms with Crippen LogP contribution >= 0.6 is 0 Å². The fourth-order valence-electron chi connectivity index (χ4n) is 3.52. The maximum Gasteiger partial charge on any atom is 0.337 e. The van der Waals surface area contributed by atoms with Crippen LogP contribution in [0.3, 0.4) is 0 Å². The molecule has 28 heavy (non-hydrogen) atoms. The van der Waals surface area contributed by atoms with Crippen molar-refractivity contribution in [1.29, 1.82) is 5.26 Å². The van der Waals surface area contributed by atoms with Crippen molar-refractivity contribution >= 4 is 17.6 Å². The molecule has 0 spiro atoms. The molecule has 1 atom stereocenters. The Hall–Kier alpha value is -3.95. The van der Waals surface area contributed by atoms with Gasteiger partial charge < -0.3 is 15.5 Å². The Morgan fingerprint density at radius 1 is 0.964 bits per heavy atom. The minimum atomic E-state index is -1.25. The highest BCUT2D eigenvalue weighted by atomic mass is 16.4. The second-order valence-electron chi connectivity index (χ2n) is 6.39. The Bertz CT molecular complexity index is 1180. The molecule has 1 unspecified atom stereocenters. The van der Waals surface area contributed by atoms with Crippen LogP contribution in [0.2, 0.25) is 0 Å². The number of aromatic carboxylic acids is 1. The molecular formula is C22H14N2O4. The molecule has 6 nitrogen and oxygen atoms in total. The third kappa shape index (κ3) is 2.71. The lowest BCUT2D eigenvalue weighted by molar-refractivity contribution is 0.0698. The number of carbonyl (C=O) groups excluding carboxylic acids is 1. The molecule has 136 valence electrons. The molecule has 0 saturated heterocycles. The van der Waals surface area contributed by atoms with E-state index in [0.717, 1.165) is 16.7 Å². The number of nitriles is 1. The van der Waals surface area contributed by atoms with Gasteiger partial charge in [-0.3, -0.25) is 4.79 Å². The van der Waals surface area contributed by atoms with E-state index < -0.39 is 18.0 Å². The summed E-state index contributed by atoms with van der Waals surface area (Å²) in [6.45, 7) is 0. The van der Waals surface area contributed by atoms with Gasteiger partial charge in [-0.15, -0.1) is 0 Å². The van der Waals surface area contributed by atoms with Gasteiger partial charge >= 0.3 is 5.97 Å². The van der Waals surface area contributed by atoms with Crippen LogP contribution in [0, 0.1) is 11.3 Å². The predicted molar refractivity (Wildman–Crippen MR) is 102 cm³/mol. The van der Waals surface area contributed by atoms with Gasteiger partial charge in [0.1, 0.15) is 6.10 Å². The number of carboxylic acid groups (broad SMARTS) is 1. The third-order valence-electron chi connectivity index (χ3n) is 4.80. The highest BCUT2D eigenvalue weighted by Crippen LogP contribution is 2.44. The lowest BCUT2D eigenvalue weighted by Gasteiger charge is -2.13. The van der Waals surface area contributed by atoms with E-state index in [2.05, 4.69) is 5.32 Å². The summed E-state index contributed by atoms with van der Waals surface area (Å²) in [6, 6.07) is 18.4. The normalized spacial score (nSPS) is 13.9. The number of hydrogen-bond acceptors (Lipinski definition) is 4. The second-order valence-corrected chi connectivity index (χ2v) is 6.39. The Labute approximate surface area is 160 Å². The monoisotopic (exact) mass is 370 g/mol. The first-order chi connectivity index (χ1) is 13.5. The smallest absolute Gasteiger partial charge is 0.337 e. The Kier molecular flexibility index (Phi) is 4.15. The number of aliphatic hydroxyl groups excluding tert-OH is 1. The number of amides is 1. The van der Waals surface area contributed by atoms with Crippen LogP contribution in [-0.2, 0) is 0 Å². The largest absolute Gasteiger partial charge is 0.478 e. The number of anilines is 1. The lowest BCUT2D eigenvalue weighted by atomic mass is 9.99. The third-order valence-corrected chi connectivity index (χ3v) is 4.80. The van der Waals surface area contributed by atoms with Crippen molar-refractivity contribution < 1.29 is 19.8 Å². The molecule has 3 N–H and O–H groups in total. The summed E-state index contributed by atoms with van der Waals surface area (Å²) in [7, 11) is 0. The molecule has 1 aliphatic carbocycles. The van der Waals surface area contributed by atoms with E-state index in [1.54, 1.807) is 12.1 Å². The average Bonchev–Trinajstić information content (AvgIpc) is 3.01. The van der Waals surface area contributed by atoms with E-state index in [-0.39, 0.29) is 22.4 Å². The molecule has 6 heteroatoms. The number of carboxylic acids is 1. The SMILES string of the molecule is N#Cc1ccc(NC(=O)c2cccc3c2C(O)c2ccccc2-3)c(C(=O)O)c1. The Morgan fingerprint density at radius 3 is 2.46 bits per heavy atom. The topological polar surface area (TPSA) is 110 Å². The van der Waals surface area contributed by atoms with Gasteiger partial charge in [0.05, 0.1) is 22.9 Å².